The largest absolute Gasteiger partial charge is 0.493 e. The van der Waals surface area contributed by atoms with Crippen LogP contribution in [0.15, 0.2) is 18.2 Å². The Labute approximate surface area is 162 Å². The number of fused-ring (bicyclic) bond motifs is 1. The Morgan fingerprint density at radius 1 is 1.33 bits per heavy atom. The van der Waals surface area contributed by atoms with Gasteiger partial charge in [0, 0.05) is 4.88 Å². The van der Waals surface area contributed by atoms with Gasteiger partial charge in [-0.2, -0.15) is 0 Å². The molecule has 0 saturated heterocycles. The smallest absolute Gasteiger partial charge is 0.262 e. The third-order valence-electron chi connectivity index (χ3n) is 4.69. The number of benzene rings is 1. The van der Waals surface area contributed by atoms with Gasteiger partial charge in [0.25, 0.3) is 11.8 Å². The van der Waals surface area contributed by atoms with Crippen molar-refractivity contribution in [2.45, 2.75) is 33.1 Å². The van der Waals surface area contributed by atoms with Crippen molar-refractivity contribution in [1.29, 1.82) is 0 Å². The van der Waals surface area contributed by atoms with Gasteiger partial charge in [-0.05, 0) is 55.4 Å². The summed E-state index contributed by atoms with van der Waals surface area (Å²) in [6.45, 7) is 3.95. The standard InChI is InChI=1S/C20H24N2O4S/c1-11-5-7-14(15(8-11)25-3)26-10-17(23)22-20-18(19(21)24)13-6-4-12(2)9-16(13)27-20/h5,7-8,12H,4,6,9-10H2,1-3H3,(H2,21,24)(H,22,23). The van der Waals surface area contributed by atoms with Crippen LogP contribution in [0.5, 0.6) is 11.5 Å². The van der Waals surface area contributed by atoms with Gasteiger partial charge in [-0.15, -0.1) is 11.3 Å². The highest BCUT2D eigenvalue weighted by Crippen LogP contribution is 2.39. The fourth-order valence-electron chi connectivity index (χ4n) is 3.30. The fourth-order valence-corrected chi connectivity index (χ4v) is 4.73. The lowest BCUT2D eigenvalue weighted by Gasteiger charge is -2.18. The number of hydrogen-bond donors (Lipinski definition) is 2. The van der Waals surface area contributed by atoms with Gasteiger partial charge < -0.3 is 20.5 Å². The first-order valence-electron chi connectivity index (χ1n) is 8.90. The maximum absolute atomic E-state index is 12.4. The minimum atomic E-state index is -0.501. The lowest BCUT2D eigenvalue weighted by molar-refractivity contribution is -0.118. The summed E-state index contributed by atoms with van der Waals surface area (Å²) in [5, 5.41) is 3.32. The second-order valence-corrected chi connectivity index (χ2v) is 8.02. The molecule has 1 unspecified atom stereocenters. The van der Waals surface area contributed by atoms with Crippen molar-refractivity contribution < 1.29 is 19.1 Å². The van der Waals surface area contributed by atoms with Gasteiger partial charge >= 0.3 is 0 Å². The Bertz CT molecular complexity index is 875. The lowest BCUT2D eigenvalue weighted by atomic mass is 9.88. The molecule has 6 nitrogen and oxygen atoms in total. The number of carbonyl (C=O) groups is 2. The quantitative estimate of drug-likeness (QED) is 0.794. The van der Waals surface area contributed by atoms with E-state index in [1.54, 1.807) is 13.2 Å². The van der Waals surface area contributed by atoms with E-state index in [0.29, 0.717) is 28.0 Å². The van der Waals surface area contributed by atoms with E-state index in [0.717, 1.165) is 35.3 Å². The molecule has 3 N–H and O–H groups in total. The van der Waals surface area contributed by atoms with E-state index < -0.39 is 5.91 Å². The van der Waals surface area contributed by atoms with E-state index in [1.165, 1.54) is 11.3 Å². The molecule has 1 aromatic heterocycles. The second kappa shape index (κ2) is 8.00. The molecule has 2 amide bonds. The van der Waals surface area contributed by atoms with Crippen LogP contribution >= 0.6 is 11.3 Å². The Hall–Kier alpha value is -2.54. The van der Waals surface area contributed by atoms with Crippen LogP contribution in [0, 0.1) is 12.8 Å². The van der Waals surface area contributed by atoms with Crippen LogP contribution in [0.25, 0.3) is 0 Å². The first-order valence-corrected chi connectivity index (χ1v) is 9.72. The number of nitrogens with one attached hydrogen (secondary N) is 1. The normalized spacial score (nSPS) is 15.7. The summed E-state index contributed by atoms with van der Waals surface area (Å²) >= 11 is 1.44. The lowest BCUT2D eigenvalue weighted by Crippen LogP contribution is -2.22. The van der Waals surface area contributed by atoms with Crippen molar-refractivity contribution >= 4 is 28.2 Å². The SMILES string of the molecule is COc1cc(C)ccc1OCC(=O)Nc1sc2c(c1C(N)=O)CCC(C)C2. The van der Waals surface area contributed by atoms with Gasteiger partial charge in [-0.25, -0.2) is 0 Å². The number of rotatable bonds is 6. The predicted molar refractivity (Wildman–Crippen MR) is 106 cm³/mol. The van der Waals surface area contributed by atoms with E-state index in [4.69, 9.17) is 15.2 Å². The number of carbonyl (C=O) groups excluding carboxylic acids is 2. The van der Waals surface area contributed by atoms with E-state index >= 15 is 0 Å². The Morgan fingerprint density at radius 2 is 2.11 bits per heavy atom. The number of methoxy groups -OCH3 is 1. The van der Waals surface area contributed by atoms with Crippen molar-refractivity contribution in [3.05, 3.63) is 39.8 Å². The van der Waals surface area contributed by atoms with Crippen molar-refractivity contribution in [3.8, 4) is 11.5 Å². The monoisotopic (exact) mass is 388 g/mol. The molecule has 144 valence electrons. The first-order chi connectivity index (χ1) is 12.9. The van der Waals surface area contributed by atoms with Gasteiger partial charge in [-0.1, -0.05) is 13.0 Å². The predicted octanol–water partition coefficient (Wildman–Crippen LogP) is 3.31. The van der Waals surface area contributed by atoms with Gasteiger partial charge in [-0.3, -0.25) is 9.59 Å². The van der Waals surface area contributed by atoms with Crippen molar-refractivity contribution in [3.63, 3.8) is 0 Å². The van der Waals surface area contributed by atoms with Crippen LogP contribution in [0.1, 0.15) is 39.7 Å². The summed E-state index contributed by atoms with van der Waals surface area (Å²) in [5.41, 5.74) is 8.05. The molecule has 3 rings (SSSR count). The number of nitrogens with two attached hydrogens (primary N) is 1. The minimum absolute atomic E-state index is 0.184. The summed E-state index contributed by atoms with van der Waals surface area (Å²) in [6, 6.07) is 5.49. The van der Waals surface area contributed by atoms with Gasteiger partial charge in [0.1, 0.15) is 5.00 Å². The molecule has 1 aliphatic rings. The molecule has 1 heterocycles. The zero-order valence-corrected chi connectivity index (χ0v) is 16.6. The van der Waals surface area contributed by atoms with E-state index in [9.17, 15) is 9.59 Å². The highest BCUT2D eigenvalue weighted by molar-refractivity contribution is 7.17. The fraction of sp³-hybridized carbons (Fsp3) is 0.400. The first kappa shape index (κ1) is 19.2. The summed E-state index contributed by atoms with van der Waals surface area (Å²) in [7, 11) is 1.55. The average molecular weight is 388 g/mol. The third-order valence-corrected chi connectivity index (χ3v) is 5.86. The van der Waals surface area contributed by atoms with Crippen LogP contribution < -0.4 is 20.5 Å². The van der Waals surface area contributed by atoms with Crippen LogP contribution in [0.3, 0.4) is 0 Å². The van der Waals surface area contributed by atoms with E-state index in [-0.39, 0.29) is 12.5 Å². The minimum Gasteiger partial charge on any atom is -0.493 e. The maximum Gasteiger partial charge on any atom is 0.262 e. The molecule has 7 heteroatoms. The van der Waals surface area contributed by atoms with Crippen molar-refractivity contribution in [2.75, 3.05) is 19.0 Å². The van der Waals surface area contributed by atoms with E-state index in [1.807, 2.05) is 19.1 Å². The number of ether oxygens (including phenoxy) is 2. The number of amides is 2. The molecule has 0 radical (unpaired) electrons. The third kappa shape index (κ3) is 4.24. The Balaban J connectivity index is 1.72. The zero-order valence-electron chi connectivity index (χ0n) is 15.8. The molecule has 1 aromatic carbocycles. The molecular weight excluding hydrogens is 364 g/mol. The molecular formula is C20H24N2O4S. The van der Waals surface area contributed by atoms with Gasteiger partial charge in [0.05, 0.1) is 12.7 Å². The molecule has 27 heavy (non-hydrogen) atoms. The molecule has 2 aromatic rings. The molecule has 1 aliphatic carbocycles. The van der Waals surface area contributed by atoms with Crippen LogP contribution in [-0.2, 0) is 17.6 Å². The Kier molecular flexibility index (Phi) is 5.70. The topological polar surface area (TPSA) is 90.7 Å². The summed E-state index contributed by atoms with van der Waals surface area (Å²) < 4.78 is 10.9. The highest BCUT2D eigenvalue weighted by Gasteiger charge is 2.27. The number of anilines is 1. The van der Waals surface area contributed by atoms with Crippen LogP contribution in [0.2, 0.25) is 0 Å². The summed E-state index contributed by atoms with van der Waals surface area (Å²) in [6.07, 6.45) is 2.75. The molecule has 0 spiro atoms. The van der Waals surface area contributed by atoms with Crippen LogP contribution in [0.4, 0.5) is 5.00 Å². The average Bonchev–Trinajstić information content (AvgIpc) is 2.97. The molecule has 0 saturated carbocycles. The molecule has 0 bridgehead atoms. The van der Waals surface area contributed by atoms with Crippen molar-refractivity contribution in [1.82, 2.24) is 0 Å². The maximum atomic E-state index is 12.4. The molecule has 0 fully saturated rings. The summed E-state index contributed by atoms with van der Waals surface area (Å²) in [4.78, 5) is 25.5. The summed E-state index contributed by atoms with van der Waals surface area (Å²) in [5.74, 6) is 0.789. The molecule has 1 atom stereocenters. The molecule has 0 aliphatic heterocycles. The number of hydrogen-bond acceptors (Lipinski definition) is 5. The second-order valence-electron chi connectivity index (χ2n) is 6.91. The van der Waals surface area contributed by atoms with Gasteiger partial charge in [0.2, 0.25) is 0 Å². The number of thiophene rings is 1. The number of aryl methyl sites for hydroxylation is 1. The number of primary amides is 1. The van der Waals surface area contributed by atoms with Gasteiger partial charge in [0.15, 0.2) is 18.1 Å². The van der Waals surface area contributed by atoms with E-state index in [2.05, 4.69) is 12.2 Å². The van der Waals surface area contributed by atoms with Crippen molar-refractivity contribution in [2.24, 2.45) is 11.7 Å². The van der Waals surface area contributed by atoms with Crippen LogP contribution in [-0.4, -0.2) is 25.5 Å². The highest BCUT2D eigenvalue weighted by atomic mass is 32.1. The zero-order chi connectivity index (χ0) is 19.6. The Morgan fingerprint density at radius 3 is 2.81 bits per heavy atom.